The Bertz CT molecular complexity index is 739. The molecule has 14 heteroatoms. The molecule has 1 aromatic heterocycles. The van der Waals surface area contributed by atoms with Gasteiger partial charge in [-0.15, -0.1) is 10.9 Å². The minimum atomic E-state index is -4.88. The fourth-order valence-electron chi connectivity index (χ4n) is 2.26. The Balaban J connectivity index is 0. The van der Waals surface area contributed by atoms with E-state index in [1.807, 2.05) is 41.5 Å². The third-order valence-corrected chi connectivity index (χ3v) is 5.75. The zero-order valence-electron chi connectivity index (χ0n) is 18.7. The fourth-order valence-corrected chi connectivity index (χ4v) is 4.26. The molecule has 0 radical (unpaired) electrons. The summed E-state index contributed by atoms with van der Waals surface area (Å²) in [5.74, 6) is 2.72. The van der Waals surface area contributed by atoms with Crippen molar-refractivity contribution in [2.24, 2.45) is 0 Å². The largest absolute Gasteiger partial charge is 0.620 e. The van der Waals surface area contributed by atoms with Gasteiger partial charge in [-0.3, -0.25) is 4.57 Å². The maximum atomic E-state index is 9.42. The zero-order chi connectivity index (χ0) is 24.9. The number of aromatic nitrogens is 2. The highest BCUT2D eigenvalue weighted by Crippen LogP contribution is 2.67. The third-order valence-electron chi connectivity index (χ3n) is 3.25. The molecular weight excluding hydrogens is 468 g/mol. The Morgan fingerprint density at radius 1 is 1.26 bits per heavy atom. The summed E-state index contributed by atoms with van der Waals surface area (Å²) in [7, 11) is -9.52. The summed E-state index contributed by atoms with van der Waals surface area (Å²) in [4.78, 5) is 48.9. The van der Waals surface area contributed by atoms with Gasteiger partial charge in [0.05, 0.1) is 10.4 Å². The quantitative estimate of drug-likeness (QED) is 0.191. The normalized spacial score (nSPS) is 20.1. The van der Waals surface area contributed by atoms with E-state index in [9.17, 15) is 9.79 Å². The first-order chi connectivity index (χ1) is 14.5. The van der Waals surface area contributed by atoms with Gasteiger partial charge in [0.2, 0.25) is 10.5 Å². The molecule has 0 amide bonds. The molecule has 1 fully saturated rings. The molecule has 0 aromatic carbocycles. The van der Waals surface area contributed by atoms with E-state index in [-0.39, 0.29) is 17.2 Å². The van der Waals surface area contributed by atoms with Gasteiger partial charge < -0.3 is 10.5 Å². The van der Waals surface area contributed by atoms with E-state index in [2.05, 4.69) is 15.2 Å². The zero-order valence-corrected chi connectivity index (χ0v) is 21.3. The SMILES string of the molecule is C#CC1(n2ccc(N)nc2=S)CCC(CO[P+](O)(O)O[P+](O)(O)O)O1.CC.CC.CC. The van der Waals surface area contributed by atoms with E-state index < -0.39 is 28.2 Å². The molecule has 1 aliphatic rings. The van der Waals surface area contributed by atoms with Gasteiger partial charge >= 0.3 is 16.3 Å². The summed E-state index contributed by atoms with van der Waals surface area (Å²) in [6, 6.07) is 1.50. The topological polar surface area (TPSA) is 173 Å². The first-order valence-electron chi connectivity index (χ1n) is 9.75. The van der Waals surface area contributed by atoms with Gasteiger partial charge in [0.25, 0.3) is 0 Å². The first-order valence-corrected chi connectivity index (χ1v) is 13.3. The number of rotatable bonds is 6. The van der Waals surface area contributed by atoms with Crippen molar-refractivity contribution in [1.29, 1.82) is 0 Å². The van der Waals surface area contributed by atoms with Crippen LogP contribution >= 0.6 is 28.6 Å². The lowest BCUT2D eigenvalue weighted by Crippen LogP contribution is -2.34. The van der Waals surface area contributed by atoms with Crippen LogP contribution in [0.1, 0.15) is 54.4 Å². The summed E-state index contributed by atoms with van der Waals surface area (Å²) in [5, 5.41) is 0. The fraction of sp³-hybridized carbons (Fsp3) is 0.647. The molecule has 180 valence electrons. The predicted octanol–water partition coefficient (Wildman–Crippen LogP) is 3.09. The van der Waals surface area contributed by atoms with Crippen LogP contribution in [-0.2, 0) is 19.3 Å². The molecule has 0 aliphatic carbocycles. The highest BCUT2D eigenvalue weighted by molar-refractivity contribution is 7.71. The third kappa shape index (κ3) is 11.1. The minimum absolute atomic E-state index is 0.115. The van der Waals surface area contributed by atoms with Crippen LogP contribution in [0.2, 0.25) is 0 Å². The molecule has 2 heterocycles. The monoisotopic (exact) mass is 503 g/mol. The lowest BCUT2D eigenvalue weighted by molar-refractivity contribution is -0.0723. The Hall–Kier alpha value is -0.800. The van der Waals surface area contributed by atoms with Crippen LogP contribution in [-0.4, -0.2) is 46.7 Å². The Morgan fingerprint density at radius 3 is 2.26 bits per heavy atom. The second kappa shape index (κ2) is 15.1. The number of anilines is 1. The Morgan fingerprint density at radius 2 is 1.81 bits per heavy atom. The van der Waals surface area contributed by atoms with E-state index in [1.165, 1.54) is 16.8 Å². The van der Waals surface area contributed by atoms with Crippen LogP contribution in [0.15, 0.2) is 12.3 Å². The van der Waals surface area contributed by atoms with Crippen LogP contribution in [0.4, 0.5) is 5.82 Å². The van der Waals surface area contributed by atoms with E-state index in [4.69, 9.17) is 48.3 Å². The van der Waals surface area contributed by atoms with Gasteiger partial charge in [-0.2, -0.15) is 24.5 Å². The average molecular weight is 503 g/mol. The predicted molar refractivity (Wildman–Crippen MR) is 124 cm³/mol. The van der Waals surface area contributed by atoms with Crippen molar-refractivity contribution >= 4 is 34.4 Å². The highest BCUT2D eigenvalue weighted by atomic mass is 32.1. The Labute approximate surface area is 190 Å². The second-order valence-corrected chi connectivity index (χ2v) is 8.38. The van der Waals surface area contributed by atoms with Gasteiger partial charge in [-0.25, -0.2) is 4.98 Å². The lowest BCUT2D eigenvalue weighted by atomic mass is 10.1. The summed E-state index contributed by atoms with van der Waals surface area (Å²) in [6.07, 6.45) is 7.14. The molecule has 1 aliphatic heterocycles. The number of nitrogens with zero attached hydrogens (tertiary/aromatic N) is 2. The van der Waals surface area contributed by atoms with Gasteiger partial charge in [-0.1, -0.05) is 41.5 Å². The molecule has 0 saturated carbocycles. The van der Waals surface area contributed by atoms with Crippen LogP contribution in [0.25, 0.3) is 0 Å². The molecule has 2 atom stereocenters. The number of terminal acetylenes is 1. The number of nitrogen functional groups attached to an aromatic ring is 1. The molecule has 2 unspecified atom stereocenters. The van der Waals surface area contributed by atoms with Crippen molar-refractivity contribution in [3.8, 4) is 12.3 Å². The number of ether oxygens (including phenoxy) is 1. The van der Waals surface area contributed by atoms with Crippen LogP contribution < -0.4 is 5.73 Å². The van der Waals surface area contributed by atoms with Crippen LogP contribution in [0.3, 0.4) is 0 Å². The maximum absolute atomic E-state index is 9.42. The lowest BCUT2D eigenvalue weighted by Gasteiger charge is -2.26. The van der Waals surface area contributed by atoms with Crippen molar-refractivity contribution in [3.63, 3.8) is 0 Å². The van der Waals surface area contributed by atoms with E-state index in [1.54, 1.807) is 0 Å². The molecule has 31 heavy (non-hydrogen) atoms. The van der Waals surface area contributed by atoms with E-state index in [0.29, 0.717) is 12.8 Å². The van der Waals surface area contributed by atoms with Gasteiger partial charge in [0.1, 0.15) is 12.4 Å². The second-order valence-electron chi connectivity index (χ2n) is 5.09. The molecule has 1 saturated heterocycles. The summed E-state index contributed by atoms with van der Waals surface area (Å²) < 4.78 is 15.9. The molecule has 0 bridgehead atoms. The van der Waals surface area contributed by atoms with Gasteiger partial charge in [-0.05, 0) is 30.6 Å². The molecule has 0 spiro atoms. The summed E-state index contributed by atoms with van der Waals surface area (Å²) in [6.45, 7) is 11.6. The van der Waals surface area contributed by atoms with Crippen molar-refractivity contribution in [3.05, 3.63) is 17.0 Å². The average Bonchev–Trinajstić information content (AvgIpc) is 3.14. The van der Waals surface area contributed by atoms with Crippen LogP contribution in [0, 0.1) is 17.1 Å². The maximum Gasteiger partial charge on any atom is 0.620 e. The molecule has 11 nitrogen and oxygen atoms in total. The van der Waals surface area contributed by atoms with E-state index >= 15 is 0 Å². The Kier molecular flexibility index (Phi) is 15.8. The number of hydrogen-bond donors (Lipinski definition) is 6. The number of nitrogens with two attached hydrogens (primary N) is 1. The van der Waals surface area contributed by atoms with Gasteiger partial charge in [0.15, 0.2) is 0 Å². The van der Waals surface area contributed by atoms with Crippen molar-refractivity contribution in [1.82, 2.24) is 9.55 Å². The van der Waals surface area contributed by atoms with Crippen LogP contribution in [0.5, 0.6) is 0 Å². The molecular formula is C17H35N3O8P2S+2. The molecule has 2 rings (SSSR count). The van der Waals surface area contributed by atoms with E-state index in [0.717, 1.165) is 0 Å². The molecule has 1 aromatic rings. The van der Waals surface area contributed by atoms with Crippen molar-refractivity contribution in [2.75, 3.05) is 12.3 Å². The van der Waals surface area contributed by atoms with Crippen molar-refractivity contribution < 1.29 is 38.0 Å². The minimum Gasteiger partial charge on any atom is -0.384 e. The number of hydrogen-bond acceptors (Lipinski definition) is 11. The highest BCUT2D eigenvalue weighted by Gasteiger charge is 2.58. The van der Waals surface area contributed by atoms with Crippen molar-refractivity contribution in [2.45, 2.75) is 66.2 Å². The smallest absolute Gasteiger partial charge is 0.384 e. The summed E-state index contributed by atoms with van der Waals surface area (Å²) >= 11 is 5.13. The standard InChI is InChI=1S/C11H16N3O8P2S.3C2H6/c1-2-11(14-6-4-9(12)13-10(14)25)5-3-8(21-11)7-20-24(18,19)22-23(15,16)17;3*1-2/h1,4,6,8,15-19H,3,5,7H2,(H-,12,13,25);3*1-2H3/q+1;;;/p+1. The van der Waals surface area contributed by atoms with Gasteiger partial charge in [0, 0.05) is 12.6 Å². The summed E-state index contributed by atoms with van der Waals surface area (Å²) in [5.41, 5.74) is 4.31. The first kappa shape index (κ1) is 32.4. The molecule has 7 N–H and O–H groups in total.